The summed E-state index contributed by atoms with van der Waals surface area (Å²) in [5, 5.41) is 4.28. The van der Waals surface area contributed by atoms with Gasteiger partial charge in [0.1, 0.15) is 0 Å². The number of carbonyl (C=O) groups is 1. The molecule has 0 aliphatic carbocycles. The van der Waals surface area contributed by atoms with Crippen molar-refractivity contribution >= 4 is 28.9 Å². The summed E-state index contributed by atoms with van der Waals surface area (Å²) in [6, 6.07) is 3.95. The van der Waals surface area contributed by atoms with Gasteiger partial charge in [0.05, 0.1) is 6.61 Å². The number of alkyl halides is 3. The van der Waals surface area contributed by atoms with Crippen molar-refractivity contribution in [2.24, 2.45) is 0 Å². The Morgan fingerprint density at radius 3 is 2.60 bits per heavy atom. The fraction of sp³-hybridized carbons (Fsp3) is 0.421. The number of halogens is 4. The molecule has 1 amide bonds. The number of amides is 1. The summed E-state index contributed by atoms with van der Waals surface area (Å²) < 4.78 is 63.2. The Bertz CT molecular complexity index is 900. The van der Waals surface area contributed by atoms with Crippen LogP contribution in [0.4, 0.5) is 23.2 Å². The van der Waals surface area contributed by atoms with Gasteiger partial charge in [-0.05, 0) is 30.8 Å². The molecule has 2 aromatic rings. The van der Waals surface area contributed by atoms with Crippen LogP contribution in [0.25, 0.3) is 0 Å². The van der Waals surface area contributed by atoms with E-state index >= 15 is 0 Å². The standard InChI is InChI=1S/C19H21F4N3O3S/c1-3-5-6-9-28-13-8-7-11(10-12(13)20)24-18(30)26-17(27)15-16(19(21,22)23)29-14(4-2)25-15/h7-8,10H,3-6,9H2,1-2H3,(H2,24,26,27,30). The van der Waals surface area contributed by atoms with Crippen LogP contribution < -0.4 is 15.4 Å². The molecule has 0 atom stereocenters. The number of unbranched alkanes of at least 4 members (excludes halogenated alkanes) is 2. The minimum atomic E-state index is -4.89. The van der Waals surface area contributed by atoms with E-state index in [-0.39, 0.29) is 28.9 Å². The Labute approximate surface area is 176 Å². The molecule has 0 bridgehead atoms. The minimum Gasteiger partial charge on any atom is -0.491 e. The lowest BCUT2D eigenvalue weighted by molar-refractivity contribution is -0.153. The molecule has 0 radical (unpaired) electrons. The topological polar surface area (TPSA) is 76.4 Å². The van der Waals surface area contributed by atoms with Crippen molar-refractivity contribution in [3.05, 3.63) is 41.4 Å². The van der Waals surface area contributed by atoms with E-state index in [0.717, 1.165) is 25.3 Å². The molecule has 0 fully saturated rings. The number of nitrogens with one attached hydrogen (secondary N) is 2. The third-order valence-electron chi connectivity index (χ3n) is 3.87. The van der Waals surface area contributed by atoms with E-state index in [1.165, 1.54) is 19.1 Å². The van der Waals surface area contributed by atoms with Gasteiger partial charge in [0, 0.05) is 18.2 Å². The van der Waals surface area contributed by atoms with E-state index in [1.54, 1.807) is 0 Å². The van der Waals surface area contributed by atoms with Crippen molar-refractivity contribution in [3.8, 4) is 5.75 Å². The van der Waals surface area contributed by atoms with Crippen LogP contribution in [0, 0.1) is 5.82 Å². The first-order valence-corrected chi connectivity index (χ1v) is 9.68. The Hall–Kier alpha value is -2.69. The van der Waals surface area contributed by atoms with Crippen molar-refractivity contribution < 1.29 is 31.5 Å². The summed E-state index contributed by atoms with van der Waals surface area (Å²) in [5.41, 5.74) is -0.741. The zero-order valence-electron chi connectivity index (χ0n) is 16.4. The van der Waals surface area contributed by atoms with Crippen LogP contribution in [0.1, 0.15) is 55.2 Å². The number of aryl methyl sites for hydroxylation is 1. The van der Waals surface area contributed by atoms with Crippen LogP contribution >= 0.6 is 12.2 Å². The Balaban J connectivity index is 2.01. The van der Waals surface area contributed by atoms with Crippen LogP contribution in [-0.4, -0.2) is 22.6 Å². The zero-order chi connectivity index (χ0) is 22.3. The van der Waals surface area contributed by atoms with E-state index in [1.807, 2.05) is 6.92 Å². The maximum absolute atomic E-state index is 14.1. The molecule has 0 aliphatic rings. The number of thiocarbonyl (C=S) groups is 1. The first-order chi connectivity index (χ1) is 14.2. The maximum Gasteiger partial charge on any atom is 0.452 e. The number of nitrogens with zero attached hydrogens (tertiary/aromatic N) is 1. The molecule has 1 aromatic carbocycles. The SMILES string of the molecule is CCCCCOc1ccc(NC(=S)NC(=O)c2nc(CC)oc2C(F)(F)F)cc1F. The summed E-state index contributed by atoms with van der Waals surface area (Å²) in [5.74, 6) is -3.51. The van der Waals surface area contributed by atoms with E-state index < -0.39 is 29.4 Å². The summed E-state index contributed by atoms with van der Waals surface area (Å²) in [6.07, 6.45) is -2.04. The highest BCUT2D eigenvalue weighted by Crippen LogP contribution is 2.32. The quantitative estimate of drug-likeness (QED) is 0.334. The summed E-state index contributed by atoms with van der Waals surface area (Å²) in [7, 11) is 0. The summed E-state index contributed by atoms with van der Waals surface area (Å²) in [4.78, 5) is 15.7. The van der Waals surface area contributed by atoms with Gasteiger partial charge >= 0.3 is 6.18 Å². The van der Waals surface area contributed by atoms with Gasteiger partial charge in [-0.1, -0.05) is 26.7 Å². The monoisotopic (exact) mass is 447 g/mol. The number of hydrogen-bond acceptors (Lipinski definition) is 5. The Kier molecular flexibility index (Phi) is 8.16. The zero-order valence-corrected chi connectivity index (χ0v) is 17.2. The second kappa shape index (κ2) is 10.4. The maximum atomic E-state index is 14.1. The van der Waals surface area contributed by atoms with E-state index in [9.17, 15) is 22.4 Å². The number of ether oxygens (including phenoxy) is 1. The van der Waals surface area contributed by atoms with Crippen LogP contribution in [0.15, 0.2) is 22.6 Å². The van der Waals surface area contributed by atoms with Crippen molar-refractivity contribution in [3.63, 3.8) is 0 Å². The Morgan fingerprint density at radius 2 is 2.00 bits per heavy atom. The fourth-order valence-electron chi connectivity index (χ4n) is 2.42. The van der Waals surface area contributed by atoms with Gasteiger partial charge < -0.3 is 14.5 Å². The van der Waals surface area contributed by atoms with Crippen molar-refractivity contribution in [1.29, 1.82) is 0 Å². The average Bonchev–Trinajstić information content (AvgIpc) is 3.12. The second-order valence-electron chi connectivity index (χ2n) is 6.25. The van der Waals surface area contributed by atoms with Gasteiger partial charge in [-0.25, -0.2) is 9.37 Å². The van der Waals surface area contributed by atoms with Gasteiger partial charge in [0.15, 0.2) is 28.3 Å². The third-order valence-corrected chi connectivity index (χ3v) is 4.07. The number of carbonyl (C=O) groups excluding carboxylic acids is 1. The summed E-state index contributed by atoms with van der Waals surface area (Å²) in [6.45, 7) is 3.95. The summed E-state index contributed by atoms with van der Waals surface area (Å²) >= 11 is 4.92. The molecule has 2 N–H and O–H groups in total. The second-order valence-corrected chi connectivity index (χ2v) is 6.65. The number of rotatable bonds is 8. The van der Waals surface area contributed by atoms with Crippen molar-refractivity contribution in [2.75, 3.05) is 11.9 Å². The number of hydrogen-bond donors (Lipinski definition) is 2. The van der Waals surface area contributed by atoms with E-state index in [2.05, 4.69) is 20.0 Å². The smallest absolute Gasteiger partial charge is 0.452 e. The van der Waals surface area contributed by atoms with Gasteiger partial charge in [-0.15, -0.1) is 0 Å². The highest BCUT2D eigenvalue weighted by Gasteiger charge is 2.41. The van der Waals surface area contributed by atoms with Gasteiger partial charge in [-0.3, -0.25) is 10.1 Å². The molecule has 11 heteroatoms. The third kappa shape index (κ3) is 6.41. The molecule has 0 aliphatic heterocycles. The number of anilines is 1. The molecule has 164 valence electrons. The van der Waals surface area contributed by atoms with E-state index in [0.29, 0.717) is 6.61 Å². The normalized spacial score (nSPS) is 11.3. The predicted molar refractivity (Wildman–Crippen MR) is 106 cm³/mol. The highest BCUT2D eigenvalue weighted by molar-refractivity contribution is 7.80. The van der Waals surface area contributed by atoms with Crippen LogP contribution in [0.2, 0.25) is 0 Å². The largest absolute Gasteiger partial charge is 0.491 e. The van der Waals surface area contributed by atoms with Gasteiger partial charge in [0.25, 0.3) is 5.91 Å². The van der Waals surface area contributed by atoms with Gasteiger partial charge in [-0.2, -0.15) is 13.2 Å². The highest BCUT2D eigenvalue weighted by atomic mass is 32.1. The minimum absolute atomic E-state index is 0.0659. The van der Waals surface area contributed by atoms with E-state index in [4.69, 9.17) is 17.0 Å². The molecule has 1 heterocycles. The van der Waals surface area contributed by atoms with Gasteiger partial charge in [0.2, 0.25) is 5.76 Å². The number of oxazole rings is 1. The van der Waals surface area contributed by atoms with Crippen LogP contribution in [0.3, 0.4) is 0 Å². The van der Waals surface area contributed by atoms with Crippen molar-refractivity contribution in [1.82, 2.24) is 10.3 Å². The molecule has 2 rings (SSSR count). The molecular formula is C19H21F4N3O3S. The predicted octanol–water partition coefficient (Wildman–Crippen LogP) is 5.09. The molecule has 0 saturated heterocycles. The Morgan fingerprint density at radius 1 is 1.27 bits per heavy atom. The molecule has 0 spiro atoms. The molecule has 1 aromatic heterocycles. The van der Waals surface area contributed by atoms with Crippen LogP contribution in [0.5, 0.6) is 5.75 Å². The molecular weight excluding hydrogens is 426 g/mol. The lowest BCUT2D eigenvalue weighted by Gasteiger charge is -2.11. The average molecular weight is 447 g/mol. The number of benzene rings is 1. The molecule has 6 nitrogen and oxygen atoms in total. The molecule has 30 heavy (non-hydrogen) atoms. The molecule has 0 unspecified atom stereocenters. The lowest BCUT2D eigenvalue weighted by atomic mass is 10.2. The fourth-order valence-corrected chi connectivity index (χ4v) is 2.63. The van der Waals surface area contributed by atoms with Crippen LogP contribution in [-0.2, 0) is 12.6 Å². The van der Waals surface area contributed by atoms with Crippen molar-refractivity contribution in [2.45, 2.75) is 45.7 Å². The first-order valence-electron chi connectivity index (χ1n) is 9.27. The first kappa shape index (κ1) is 23.6. The lowest BCUT2D eigenvalue weighted by Crippen LogP contribution is -2.35. The molecule has 0 saturated carbocycles. The number of aromatic nitrogens is 1.